The van der Waals surface area contributed by atoms with Crippen molar-refractivity contribution in [2.45, 2.75) is 13.5 Å². The molecule has 0 aliphatic carbocycles. The minimum Gasteiger partial charge on any atom is -0.379 e. The van der Waals surface area contributed by atoms with Crippen LogP contribution in [0.5, 0.6) is 0 Å². The highest BCUT2D eigenvalue weighted by Gasteiger charge is 2.10. The summed E-state index contributed by atoms with van der Waals surface area (Å²) < 4.78 is 1.30. The van der Waals surface area contributed by atoms with E-state index in [0.29, 0.717) is 18.1 Å². The van der Waals surface area contributed by atoms with Gasteiger partial charge in [-0.15, -0.1) is 16.4 Å². The molecule has 0 saturated heterocycles. The minimum atomic E-state index is -0.194. The maximum Gasteiger partial charge on any atom is 0.275 e. The van der Waals surface area contributed by atoms with Crippen LogP contribution in [-0.2, 0) is 6.54 Å². The number of aryl methyl sites for hydroxylation is 1. The average Bonchev–Trinajstić information content (AvgIpc) is 3.23. The molecule has 3 heterocycles. The Labute approximate surface area is 141 Å². The fourth-order valence-corrected chi connectivity index (χ4v) is 3.16. The number of aromatic nitrogens is 4. The Balaban J connectivity index is 1.65. The summed E-state index contributed by atoms with van der Waals surface area (Å²) in [5.74, 6) is 1.01. The van der Waals surface area contributed by atoms with Gasteiger partial charge in [-0.2, -0.15) is 9.50 Å². The molecule has 0 spiro atoms. The van der Waals surface area contributed by atoms with Crippen LogP contribution in [0.25, 0.3) is 16.5 Å². The van der Waals surface area contributed by atoms with Crippen molar-refractivity contribution < 1.29 is 0 Å². The summed E-state index contributed by atoms with van der Waals surface area (Å²) in [6.45, 7) is 2.55. The predicted octanol–water partition coefficient (Wildman–Crippen LogP) is 3.07. The van der Waals surface area contributed by atoms with Crippen molar-refractivity contribution in [2.24, 2.45) is 0 Å². The molecule has 0 aliphatic rings. The van der Waals surface area contributed by atoms with Crippen molar-refractivity contribution in [3.8, 4) is 10.7 Å². The number of nitrogens with zero attached hydrogens (tertiary/aromatic N) is 3. The number of thiophene rings is 1. The second-order valence-corrected chi connectivity index (χ2v) is 6.40. The van der Waals surface area contributed by atoms with E-state index in [1.54, 1.807) is 17.4 Å². The van der Waals surface area contributed by atoms with Crippen molar-refractivity contribution in [1.29, 1.82) is 0 Å². The third-order valence-electron chi connectivity index (χ3n) is 3.74. The van der Waals surface area contributed by atoms with Gasteiger partial charge in [-0.05, 0) is 30.0 Å². The van der Waals surface area contributed by atoms with Gasteiger partial charge < -0.3 is 10.3 Å². The van der Waals surface area contributed by atoms with Crippen LogP contribution in [0.3, 0.4) is 0 Å². The first-order chi connectivity index (χ1) is 11.7. The number of H-pyrrole nitrogens is 1. The van der Waals surface area contributed by atoms with E-state index >= 15 is 0 Å². The Morgan fingerprint density at radius 1 is 1.25 bits per heavy atom. The van der Waals surface area contributed by atoms with Gasteiger partial charge in [0.2, 0.25) is 5.78 Å². The number of para-hydroxylation sites is 1. The molecule has 4 rings (SSSR count). The van der Waals surface area contributed by atoms with E-state index in [1.165, 1.54) is 4.52 Å². The van der Waals surface area contributed by atoms with Crippen LogP contribution in [0.4, 0.5) is 5.69 Å². The number of aromatic amines is 1. The Morgan fingerprint density at radius 2 is 2.12 bits per heavy atom. The summed E-state index contributed by atoms with van der Waals surface area (Å²) in [4.78, 5) is 20.8. The summed E-state index contributed by atoms with van der Waals surface area (Å²) in [5, 5.41) is 9.57. The number of hydrogen-bond donors (Lipinski definition) is 2. The summed E-state index contributed by atoms with van der Waals surface area (Å²) in [6, 6.07) is 13.4. The van der Waals surface area contributed by atoms with Gasteiger partial charge in [0, 0.05) is 17.4 Å². The smallest absolute Gasteiger partial charge is 0.275 e. The molecular formula is C17H15N5OS. The Hall–Kier alpha value is -2.93. The van der Waals surface area contributed by atoms with Gasteiger partial charge >= 0.3 is 0 Å². The van der Waals surface area contributed by atoms with E-state index < -0.39 is 0 Å². The first-order valence-corrected chi connectivity index (χ1v) is 8.41. The number of hydrogen-bond acceptors (Lipinski definition) is 5. The molecule has 1 aromatic carbocycles. The quantitative estimate of drug-likeness (QED) is 0.600. The topological polar surface area (TPSA) is 75.1 Å². The van der Waals surface area contributed by atoms with Crippen LogP contribution in [0.1, 0.15) is 11.3 Å². The summed E-state index contributed by atoms with van der Waals surface area (Å²) in [5.41, 5.74) is 2.77. The predicted molar refractivity (Wildman–Crippen MR) is 95.4 cm³/mol. The van der Waals surface area contributed by atoms with Crippen LogP contribution in [0, 0.1) is 6.92 Å². The van der Waals surface area contributed by atoms with E-state index in [4.69, 9.17) is 0 Å². The fraction of sp³-hybridized carbons (Fsp3) is 0.118. The highest BCUT2D eigenvalue weighted by atomic mass is 32.1. The zero-order valence-electron chi connectivity index (χ0n) is 13.0. The van der Waals surface area contributed by atoms with Crippen molar-refractivity contribution in [1.82, 2.24) is 19.6 Å². The largest absolute Gasteiger partial charge is 0.379 e. The molecule has 0 saturated carbocycles. The molecule has 0 bridgehead atoms. The molecule has 7 heteroatoms. The van der Waals surface area contributed by atoms with E-state index in [9.17, 15) is 4.79 Å². The molecule has 0 unspecified atom stereocenters. The number of benzene rings is 1. The van der Waals surface area contributed by atoms with Gasteiger partial charge in [-0.1, -0.05) is 24.3 Å². The lowest BCUT2D eigenvalue weighted by molar-refractivity contribution is 0.879. The second kappa shape index (κ2) is 5.93. The number of nitrogens with one attached hydrogen (secondary N) is 2. The molecule has 0 radical (unpaired) electrons. The first-order valence-electron chi connectivity index (χ1n) is 7.53. The fourth-order valence-electron chi connectivity index (χ4n) is 2.50. The molecule has 3 aromatic heterocycles. The molecule has 0 fully saturated rings. The molecular weight excluding hydrogens is 322 g/mol. The maximum atomic E-state index is 12.3. The lowest BCUT2D eigenvalue weighted by atomic mass is 10.2. The maximum absolute atomic E-state index is 12.3. The molecule has 0 aliphatic heterocycles. The summed E-state index contributed by atoms with van der Waals surface area (Å²) in [6.07, 6.45) is 0. The SMILES string of the molecule is Cc1ccccc1NCc1cc(=O)n2nc(-c3cccs3)nc2[nH]1. The van der Waals surface area contributed by atoms with E-state index in [2.05, 4.69) is 20.4 Å². The summed E-state index contributed by atoms with van der Waals surface area (Å²) in [7, 11) is 0. The Morgan fingerprint density at radius 3 is 2.92 bits per heavy atom. The first kappa shape index (κ1) is 14.6. The van der Waals surface area contributed by atoms with Crippen molar-refractivity contribution in [2.75, 3.05) is 5.32 Å². The number of anilines is 1. The van der Waals surface area contributed by atoms with Crippen molar-refractivity contribution in [3.63, 3.8) is 0 Å². The third-order valence-corrected chi connectivity index (χ3v) is 4.61. The zero-order valence-corrected chi connectivity index (χ0v) is 13.8. The van der Waals surface area contributed by atoms with Crippen LogP contribution in [-0.4, -0.2) is 19.6 Å². The van der Waals surface area contributed by atoms with Gasteiger partial charge in [0.1, 0.15) is 0 Å². The second-order valence-electron chi connectivity index (χ2n) is 5.45. The minimum absolute atomic E-state index is 0.194. The number of fused-ring (bicyclic) bond motifs is 1. The lowest BCUT2D eigenvalue weighted by Crippen LogP contribution is -2.17. The van der Waals surface area contributed by atoms with Crippen molar-refractivity contribution in [3.05, 3.63) is 69.5 Å². The molecule has 2 N–H and O–H groups in total. The molecule has 24 heavy (non-hydrogen) atoms. The van der Waals surface area contributed by atoms with Crippen LogP contribution in [0.15, 0.2) is 52.6 Å². The van der Waals surface area contributed by atoms with E-state index in [-0.39, 0.29) is 5.56 Å². The highest BCUT2D eigenvalue weighted by Crippen LogP contribution is 2.21. The van der Waals surface area contributed by atoms with E-state index in [1.807, 2.05) is 48.7 Å². The zero-order chi connectivity index (χ0) is 16.5. The molecule has 0 atom stereocenters. The van der Waals surface area contributed by atoms with Crippen LogP contribution in [0.2, 0.25) is 0 Å². The van der Waals surface area contributed by atoms with Gasteiger partial charge in [-0.3, -0.25) is 4.79 Å². The standard InChI is InChI=1S/C17H15N5OS/c1-11-5-2-3-6-13(11)18-10-12-9-15(23)22-17(19-12)20-16(21-22)14-7-4-8-24-14/h2-9,18H,10H2,1H3,(H,19,20,21). The van der Waals surface area contributed by atoms with Gasteiger partial charge in [-0.25, -0.2) is 0 Å². The van der Waals surface area contributed by atoms with Crippen LogP contribution >= 0.6 is 11.3 Å². The average molecular weight is 337 g/mol. The molecule has 0 amide bonds. The van der Waals surface area contributed by atoms with Crippen molar-refractivity contribution >= 4 is 22.8 Å². The van der Waals surface area contributed by atoms with Crippen LogP contribution < -0.4 is 10.9 Å². The van der Waals surface area contributed by atoms with Gasteiger partial charge in [0.15, 0.2) is 5.82 Å². The third kappa shape index (κ3) is 2.69. The highest BCUT2D eigenvalue weighted by molar-refractivity contribution is 7.13. The normalized spacial score (nSPS) is 11.0. The van der Waals surface area contributed by atoms with Gasteiger partial charge in [0.25, 0.3) is 5.56 Å². The van der Waals surface area contributed by atoms with Gasteiger partial charge in [0.05, 0.1) is 11.4 Å². The summed E-state index contributed by atoms with van der Waals surface area (Å²) >= 11 is 1.54. The number of rotatable bonds is 4. The Bertz CT molecular complexity index is 1050. The molecule has 4 aromatic rings. The Kier molecular flexibility index (Phi) is 3.62. The monoisotopic (exact) mass is 337 g/mol. The molecule has 6 nitrogen and oxygen atoms in total. The molecule has 120 valence electrons. The lowest BCUT2D eigenvalue weighted by Gasteiger charge is -2.09. The van der Waals surface area contributed by atoms with E-state index in [0.717, 1.165) is 21.8 Å².